The molecule has 3 heterocycles. The van der Waals surface area contributed by atoms with Gasteiger partial charge >= 0.3 is 0 Å². The first-order valence-electron chi connectivity index (χ1n) is 10.2. The van der Waals surface area contributed by atoms with Crippen molar-refractivity contribution >= 4 is 17.7 Å². The smallest absolute Gasteiger partial charge is 0.290 e. The highest BCUT2D eigenvalue weighted by molar-refractivity contribution is 5.96. The summed E-state index contributed by atoms with van der Waals surface area (Å²) in [6.45, 7) is 3.05. The molecule has 1 fully saturated rings. The number of amides is 3. The number of fused-ring (bicyclic) bond motifs is 1. The van der Waals surface area contributed by atoms with Crippen molar-refractivity contribution < 1.29 is 18.8 Å². The Bertz CT molecular complexity index is 919. The Morgan fingerprint density at radius 2 is 1.77 bits per heavy atom. The lowest BCUT2D eigenvalue weighted by Crippen LogP contribution is -2.58. The lowest BCUT2D eigenvalue weighted by Gasteiger charge is -2.41. The van der Waals surface area contributed by atoms with E-state index in [1.54, 1.807) is 29.0 Å². The van der Waals surface area contributed by atoms with Gasteiger partial charge in [0.25, 0.3) is 5.91 Å². The normalized spacial score (nSPS) is 19.3. The number of hydrogen-bond acceptors (Lipinski definition) is 5. The summed E-state index contributed by atoms with van der Waals surface area (Å²) in [5, 5.41) is 2.62. The minimum Gasteiger partial charge on any atom is -0.459 e. The molecule has 1 aromatic carbocycles. The zero-order valence-electron chi connectivity index (χ0n) is 17.0. The molecule has 1 saturated heterocycles. The fourth-order valence-corrected chi connectivity index (χ4v) is 4.12. The summed E-state index contributed by atoms with van der Waals surface area (Å²) in [7, 11) is 1.62. The third-order valence-corrected chi connectivity index (χ3v) is 5.86. The van der Waals surface area contributed by atoms with Crippen molar-refractivity contribution in [3.8, 4) is 0 Å². The molecule has 0 saturated carbocycles. The summed E-state index contributed by atoms with van der Waals surface area (Å²) in [6, 6.07) is 10.7. The molecular weight excluding hydrogens is 384 g/mol. The maximum atomic E-state index is 13.4. The molecule has 2 aromatic rings. The van der Waals surface area contributed by atoms with Crippen LogP contribution >= 0.6 is 0 Å². The average molecular weight is 410 g/mol. The highest BCUT2D eigenvalue weighted by Crippen LogP contribution is 2.26. The predicted octanol–water partition coefficient (Wildman–Crippen LogP) is 0.737. The van der Waals surface area contributed by atoms with Gasteiger partial charge in [-0.25, -0.2) is 0 Å². The first kappa shape index (κ1) is 20.2. The van der Waals surface area contributed by atoms with Crippen molar-refractivity contribution in [2.24, 2.45) is 0 Å². The first-order chi connectivity index (χ1) is 14.6. The summed E-state index contributed by atoms with van der Waals surface area (Å²) in [4.78, 5) is 43.6. The molecule has 2 aliphatic heterocycles. The maximum Gasteiger partial charge on any atom is 0.290 e. The monoisotopic (exact) mass is 410 g/mol. The van der Waals surface area contributed by atoms with Crippen LogP contribution in [0.1, 0.15) is 21.7 Å². The molecule has 1 N–H and O–H groups in total. The van der Waals surface area contributed by atoms with E-state index in [2.05, 4.69) is 5.32 Å². The Hall–Kier alpha value is -3.13. The van der Waals surface area contributed by atoms with Crippen LogP contribution in [-0.2, 0) is 22.6 Å². The minimum absolute atomic E-state index is 0.0334. The van der Waals surface area contributed by atoms with Crippen molar-refractivity contribution in [3.05, 3.63) is 59.5 Å². The van der Waals surface area contributed by atoms with Gasteiger partial charge in [0.1, 0.15) is 6.04 Å². The Kier molecular flexibility index (Phi) is 5.85. The molecule has 158 valence electrons. The van der Waals surface area contributed by atoms with Gasteiger partial charge in [0, 0.05) is 46.2 Å². The van der Waals surface area contributed by atoms with Crippen LogP contribution in [0.5, 0.6) is 0 Å². The number of benzene rings is 1. The Morgan fingerprint density at radius 3 is 2.43 bits per heavy atom. The molecule has 1 unspecified atom stereocenters. The van der Waals surface area contributed by atoms with E-state index in [0.29, 0.717) is 45.7 Å². The Morgan fingerprint density at radius 1 is 1.03 bits per heavy atom. The van der Waals surface area contributed by atoms with Gasteiger partial charge in [0.2, 0.25) is 11.8 Å². The van der Waals surface area contributed by atoms with E-state index in [1.807, 2.05) is 29.2 Å². The average Bonchev–Trinajstić information content (AvgIpc) is 3.32. The third-order valence-electron chi connectivity index (χ3n) is 5.86. The second-order valence-corrected chi connectivity index (χ2v) is 7.67. The first-order valence-corrected chi connectivity index (χ1v) is 10.2. The van der Waals surface area contributed by atoms with E-state index in [1.165, 1.54) is 6.26 Å². The molecule has 0 aliphatic carbocycles. The second-order valence-electron chi connectivity index (χ2n) is 7.67. The number of carbonyl (C=O) groups is 3. The van der Waals surface area contributed by atoms with Crippen molar-refractivity contribution in [1.82, 2.24) is 20.0 Å². The Labute approximate surface area is 175 Å². The van der Waals surface area contributed by atoms with Crippen LogP contribution < -0.4 is 5.32 Å². The summed E-state index contributed by atoms with van der Waals surface area (Å²) in [5.74, 6) is -0.119. The maximum absolute atomic E-state index is 13.4. The molecule has 4 rings (SSSR count). The standard InChI is InChI=1S/C22H26N4O4/c1-23-20(27)15-24-8-10-25(11-9-24)21(28)18-13-16-5-2-3-6-17(16)14-26(18)22(29)19-7-4-12-30-19/h2-7,12,18H,8-11,13-15H2,1H3,(H,23,27). The largest absolute Gasteiger partial charge is 0.459 e. The predicted molar refractivity (Wildman–Crippen MR) is 110 cm³/mol. The molecule has 1 aromatic heterocycles. The fraction of sp³-hybridized carbons (Fsp3) is 0.409. The number of rotatable bonds is 4. The lowest BCUT2D eigenvalue weighted by molar-refractivity contribution is -0.138. The van der Waals surface area contributed by atoms with Gasteiger partial charge in [-0.05, 0) is 23.3 Å². The van der Waals surface area contributed by atoms with Crippen molar-refractivity contribution in [2.75, 3.05) is 39.8 Å². The molecular formula is C22H26N4O4. The summed E-state index contributed by atoms with van der Waals surface area (Å²) < 4.78 is 5.31. The summed E-state index contributed by atoms with van der Waals surface area (Å²) in [6.07, 6.45) is 1.95. The van der Waals surface area contributed by atoms with Crippen molar-refractivity contribution in [1.29, 1.82) is 0 Å². The number of piperazine rings is 1. The molecule has 0 bridgehead atoms. The molecule has 8 nitrogen and oxygen atoms in total. The van der Waals surface area contributed by atoms with Gasteiger partial charge in [-0.3, -0.25) is 19.3 Å². The zero-order chi connectivity index (χ0) is 21.1. The summed E-state index contributed by atoms with van der Waals surface area (Å²) >= 11 is 0. The van der Waals surface area contributed by atoms with Gasteiger partial charge in [-0.15, -0.1) is 0 Å². The van der Waals surface area contributed by atoms with E-state index in [-0.39, 0.29) is 23.5 Å². The number of nitrogens with zero attached hydrogens (tertiary/aromatic N) is 3. The van der Waals surface area contributed by atoms with Crippen LogP contribution in [0.3, 0.4) is 0 Å². The summed E-state index contributed by atoms with van der Waals surface area (Å²) in [5.41, 5.74) is 2.15. The van der Waals surface area contributed by atoms with Gasteiger partial charge in [0.05, 0.1) is 12.8 Å². The second kappa shape index (κ2) is 8.71. The number of nitrogens with one attached hydrogen (secondary N) is 1. The van der Waals surface area contributed by atoms with E-state index in [4.69, 9.17) is 4.42 Å². The molecule has 8 heteroatoms. The van der Waals surface area contributed by atoms with Crippen LogP contribution in [0.4, 0.5) is 0 Å². The van der Waals surface area contributed by atoms with Gasteiger partial charge in [-0.1, -0.05) is 24.3 Å². The van der Waals surface area contributed by atoms with E-state index in [0.717, 1.165) is 11.1 Å². The van der Waals surface area contributed by atoms with Crippen molar-refractivity contribution in [2.45, 2.75) is 19.0 Å². The number of carbonyl (C=O) groups excluding carboxylic acids is 3. The molecule has 3 amide bonds. The quantitative estimate of drug-likeness (QED) is 0.804. The molecule has 0 radical (unpaired) electrons. The number of likely N-dealkylation sites (N-methyl/N-ethyl adjacent to an activating group) is 1. The van der Waals surface area contributed by atoms with Crippen LogP contribution in [0.25, 0.3) is 0 Å². The van der Waals surface area contributed by atoms with Crippen LogP contribution in [-0.4, -0.2) is 78.2 Å². The number of hydrogen-bond donors (Lipinski definition) is 1. The van der Waals surface area contributed by atoms with Crippen LogP contribution in [0, 0.1) is 0 Å². The van der Waals surface area contributed by atoms with Gasteiger partial charge < -0.3 is 19.5 Å². The van der Waals surface area contributed by atoms with E-state index >= 15 is 0 Å². The van der Waals surface area contributed by atoms with E-state index < -0.39 is 6.04 Å². The van der Waals surface area contributed by atoms with Crippen LogP contribution in [0.15, 0.2) is 47.1 Å². The van der Waals surface area contributed by atoms with Crippen LogP contribution in [0.2, 0.25) is 0 Å². The topological polar surface area (TPSA) is 86.1 Å². The van der Waals surface area contributed by atoms with Gasteiger partial charge in [-0.2, -0.15) is 0 Å². The highest BCUT2D eigenvalue weighted by atomic mass is 16.3. The lowest BCUT2D eigenvalue weighted by atomic mass is 9.92. The third kappa shape index (κ3) is 4.09. The van der Waals surface area contributed by atoms with Gasteiger partial charge in [0.15, 0.2) is 5.76 Å². The zero-order valence-corrected chi connectivity index (χ0v) is 17.0. The minimum atomic E-state index is -0.567. The molecule has 1 atom stereocenters. The molecule has 2 aliphatic rings. The fourth-order valence-electron chi connectivity index (χ4n) is 4.12. The Balaban J connectivity index is 1.51. The number of furan rings is 1. The van der Waals surface area contributed by atoms with Crippen molar-refractivity contribution in [3.63, 3.8) is 0 Å². The molecule has 30 heavy (non-hydrogen) atoms. The molecule has 0 spiro atoms. The SMILES string of the molecule is CNC(=O)CN1CCN(C(=O)C2Cc3ccccc3CN2C(=O)c2ccco2)CC1. The highest BCUT2D eigenvalue weighted by Gasteiger charge is 2.38. The van der Waals surface area contributed by atoms with E-state index in [9.17, 15) is 14.4 Å².